The SMILES string of the molecule is COC(=O)C1(NC(=O)Cc2c(C)[nH]c3ccccc23)CCCCC1. The average Bonchev–Trinajstić information content (AvgIpc) is 2.90. The molecule has 1 aromatic heterocycles. The number of H-pyrrole nitrogens is 1. The molecule has 0 aliphatic heterocycles. The Bertz CT molecular complexity index is 757. The van der Waals surface area contributed by atoms with Crippen LogP contribution in [0.1, 0.15) is 43.4 Å². The van der Waals surface area contributed by atoms with Gasteiger partial charge in [-0.2, -0.15) is 0 Å². The van der Waals surface area contributed by atoms with Gasteiger partial charge in [0.25, 0.3) is 0 Å². The van der Waals surface area contributed by atoms with E-state index in [0.29, 0.717) is 12.8 Å². The van der Waals surface area contributed by atoms with Gasteiger partial charge < -0.3 is 15.0 Å². The molecule has 128 valence electrons. The number of fused-ring (bicyclic) bond motifs is 1. The Kier molecular flexibility index (Phi) is 4.60. The molecule has 0 saturated heterocycles. The first-order valence-electron chi connectivity index (χ1n) is 8.51. The summed E-state index contributed by atoms with van der Waals surface area (Å²) < 4.78 is 4.96. The highest BCUT2D eigenvalue weighted by atomic mass is 16.5. The van der Waals surface area contributed by atoms with Crippen LogP contribution in [0, 0.1) is 6.92 Å². The van der Waals surface area contributed by atoms with Gasteiger partial charge in [-0.05, 0) is 31.4 Å². The van der Waals surface area contributed by atoms with Gasteiger partial charge in [-0.3, -0.25) is 4.79 Å². The molecule has 0 unspecified atom stereocenters. The van der Waals surface area contributed by atoms with Crippen LogP contribution in [0.15, 0.2) is 24.3 Å². The van der Waals surface area contributed by atoms with E-state index < -0.39 is 5.54 Å². The molecule has 2 aromatic rings. The lowest BCUT2D eigenvalue weighted by atomic mass is 9.81. The van der Waals surface area contributed by atoms with Crippen molar-refractivity contribution in [2.24, 2.45) is 0 Å². The molecule has 5 heteroatoms. The number of aromatic nitrogens is 1. The summed E-state index contributed by atoms with van der Waals surface area (Å²) >= 11 is 0. The molecule has 1 heterocycles. The van der Waals surface area contributed by atoms with Gasteiger partial charge in [0.15, 0.2) is 0 Å². The summed E-state index contributed by atoms with van der Waals surface area (Å²) in [6.45, 7) is 1.97. The van der Waals surface area contributed by atoms with Crippen LogP contribution in [0.25, 0.3) is 10.9 Å². The van der Waals surface area contributed by atoms with E-state index in [1.165, 1.54) is 7.11 Å². The number of nitrogens with one attached hydrogen (secondary N) is 2. The van der Waals surface area contributed by atoms with Crippen LogP contribution in [-0.4, -0.2) is 29.5 Å². The van der Waals surface area contributed by atoms with Crippen LogP contribution in [-0.2, 0) is 20.7 Å². The molecule has 1 amide bonds. The first-order valence-corrected chi connectivity index (χ1v) is 8.51. The summed E-state index contributed by atoms with van der Waals surface area (Å²) in [6.07, 6.45) is 4.52. The van der Waals surface area contributed by atoms with E-state index in [2.05, 4.69) is 10.3 Å². The van der Waals surface area contributed by atoms with Gasteiger partial charge in [0, 0.05) is 16.6 Å². The van der Waals surface area contributed by atoms with Crippen molar-refractivity contribution in [3.8, 4) is 0 Å². The number of hydrogen-bond acceptors (Lipinski definition) is 3. The van der Waals surface area contributed by atoms with E-state index in [4.69, 9.17) is 4.74 Å². The Hall–Kier alpha value is -2.30. The number of carbonyl (C=O) groups is 2. The van der Waals surface area contributed by atoms with E-state index >= 15 is 0 Å². The molecule has 1 aromatic carbocycles. The Morgan fingerprint density at radius 3 is 2.62 bits per heavy atom. The number of carbonyl (C=O) groups excluding carboxylic acids is 2. The van der Waals surface area contributed by atoms with Crippen molar-refractivity contribution in [3.05, 3.63) is 35.5 Å². The van der Waals surface area contributed by atoms with E-state index in [9.17, 15) is 9.59 Å². The number of ether oxygens (including phenoxy) is 1. The van der Waals surface area contributed by atoms with Gasteiger partial charge >= 0.3 is 5.97 Å². The molecule has 1 aliphatic carbocycles. The molecule has 5 nitrogen and oxygen atoms in total. The Morgan fingerprint density at radius 1 is 1.21 bits per heavy atom. The maximum Gasteiger partial charge on any atom is 0.331 e. The first kappa shape index (κ1) is 16.6. The van der Waals surface area contributed by atoms with Gasteiger partial charge in [-0.1, -0.05) is 37.5 Å². The minimum Gasteiger partial charge on any atom is -0.467 e. The normalized spacial score (nSPS) is 16.8. The maximum atomic E-state index is 12.7. The lowest BCUT2D eigenvalue weighted by Gasteiger charge is -2.35. The highest BCUT2D eigenvalue weighted by molar-refractivity contribution is 5.93. The average molecular weight is 328 g/mol. The number of para-hydroxylation sites is 1. The topological polar surface area (TPSA) is 71.2 Å². The number of esters is 1. The molecule has 0 radical (unpaired) electrons. The fraction of sp³-hybridized carbons (Fsp3) is 0.474. The van der Waals surface area contributed by atoms with Crippen molar-refractivity contribution in [2.45, 2.75) is 51.0 Å². The smallest absolute Gasteiger partial charge is 0.331 e. The number of rotatable bonds is 4. The van der Waals surface area contributed by atoms with Crippen LogP contribution in [0.2, 0.25) is 0 Å². The minimum atomic E-state index is -0.857. The number of hydrogen-bond donors (Lipinski definition) is 2. The van der Waals surface area contributed by atoms with Crippen LogP contribution >= 0.6 is 0 Å². The first-order chi connectivity index (χ1) is 11.6. The zero-order valence-electron chi connectivity index (χ0n) is 14.3. The maximum absolute atomic E-state index is 12.7. The minimum absolute atomic E-state index is 0.129. The summed E-state index contributed by atoms with van der Waals surface area (Å²) in [5, 5.41) is 4.04. The Labute approximate surface area is 141 Å². The van der Waals surface area contributed by atoms with Crippen molar-refractivity contribution in [3.63, 3.8) is 0 Å². The molecule has 24 heavy (non-hydrogen) atoms. The number of benzene rings is 1. The molecule has 0 bridgehead atoms. The second kappa shape index (κ2) is 6.67. The van der Waals surface area contributed by atoms with Crippen molar-refractivity contribution >= 4 is 22.8 Å². The van der Waals surface area contributed by atoms with Crippen molar-refractivity contribution in [1.29, 1.82) is 0 Å². The van der Waals surface area contributed by atoms with Crippen molar-refractivity contribution in [1.82, 2.24) is 10.3 Å². The number of methoxy groups -OCH3 is 1. The second-order valence-corrected chi connectivity index (χ2v) is 6.63. The number of aromatic amines is 1. The van der Waals surface area contributed by atoms with Gasteiger partial charge in [-0.25, -0.2) is 4.79 Å². The van der Waals surface area contributed by atoms with Crippen molar-refractivity contribution < 1.29 is 14.3 Å². The van der Waals surface area contributed by atoms with E-state index in [0.717, 1.165) is 41.4 Å². The fourth-order valence-electron chi connectivity index (χ4n) is 3.77. The summed E-state index contributed by atoms with van der Waals surface area (Å²) in [7, 11) is 1.38. The Balaban J connectivity index is 1.81. The van der Waals surface area contributed by atoms with Gasteiger partial charge in [0.2, 0.25) is 5.91 Å². The molecular formula is C19H24N2O3. The molecule has 0 spiro atoms. The summed E-state index contributed by atoms with van der Waals surface area (Å²) in [5.41, 5.74) is 2.14. The van der Waals surface area contributed by atoms with E-state index in [-0.39, 0.29) is 18.3 Å². The Morgan fingerprint density at radius 2 is 1.92 bits per heavy atom. The number of amides is 1. The highest BCUT2D eigenvalue weighted by Crippen LogP contribution is 2.30. The van der Waals surface area contributed by atoms with Gasteiger partial charge in [0.1, 0.15) is 5.54 Å². The van der Waals surface area contributed by atoms with Gasteiger partial charge in [0.05, 0.1) is 13.5 Å². The van der Waals surface area contributed by atoms with Crippen molar-refractivity contribution in [2.75, 3.05) is 7.11 Å². The number of aryl methyl sites for hydroxylation is 1. The molecular weight excluding hydrogens is 304 g/mol. The van der Waals surface area contributed by atoms with E-state index in [1.807, 2.05) is 31.2 Å². The zero-order chi connectivity index (χ0) is 17.2. The van der Waals surface area contributed by atoms with Gasteiger partial charge in [-0.15, -0.1) is 0 Å². The van der Waals surface area contributed by atoms with Crippen LogP contribution < -0.4 is 5.32 Å². The molecule has 1 aliphatic rings. The molecule has 0 atom stereocenters. The standard InChI is InChI=1S/C19H24N2O3/c1-13-15(14-8-4-5-9-16(14)20-13)12-17(22)21-19(18(23)24-2)10-6-3-7-11-19/h4-5,8-9,20H,3,6-7,10-12H2,1-2H3,(H,21,22). The summed E-state index contributed by atoms with van der Waals surface area (Å²) in [5.74, 6) is -0.457. The monoisotopic (exact) mass is 328 g/mol. The summed E-state index contributed by atoms with van der Waals surface area (Å²) in [4.78, 5) is 28.2. The molecule has 2 N–H and O–H groups in total. The molecule has 1 fully saturated rings. The van der Waals surface area contributed by atoms with E-state index in [1.54, 1.807) is 0 Å². The second-order valence-electron chi connectivity index (χ2n) is 6.63. The fourth-order valence-corrected chi connectivity index (χ4v) is 3.77. The van der Waals surface area contributed by atoms with Crippen LogP contribution in [0.3, 0.4) is 0 Å². The highest BCUT2D eigenvalue weighted by Gasteiger charge is 2.41. The predicted molar refractivity (Wildman–Crippen MR) is 92.7 cm³/mol. The molecule has 3 rings (SSSR count). The predicted octanol–water partition coefficient (Wildman–Crippen LogP) is 3.01. The lowest BCUT2D eigenvalue weighted by molar-refractivity contribution is -0.152. The molecule has 1 saturated carbocycles. The third-order valence-electron chi connectivity index (χ3n) is 5.03. The van der Waals surface area contributed by atoms with Crippen LogP contribution in [0.5, 0.6) is 0 Å². The third kappa shape index (κ3) is 3.03. The summed E-state index contributed by atoms with van der Waals surface area (Å²) in [6, 6.07) is 7.95. The lowest BCUT2D eigenvalue weighted by Crippen LogP contribution is -2.56. The largest absolute Gasteiger partial charge is 0.467 e. The quantitative estimate of drug-likeness (QED) is 0.848. The van der Waals surface area contributed by atoms with Crippen LogP contribution in [0.4, 0.5) is 0 Å². The zero-order valence-corrected chi connectivity index (χ0v) is 14.3. The third-order valence-corrected chi connectivity index (χ3v) is 5.03.